The topological polar surface area (TPSA) is 35.5 Å². The van der Waals surface area contributed by atoms with Gasteiger partial charge in [0.1, 0.15) is 5.75 Å². The minimum atomic E-state index is -0.509. The molecule has 0 N–H and O–H groups in total. The van der Waals surface area contributed by atoms with Crippen LogP contribution in [-0.4, -0.2) is 19.2 Å². The highest BCUT2D eigenvalue weighted by molar-refractivity contribution is 5.75. The van der Waals surface area contributed by atoms with E-state index in [0.717, 1.165) is 30.6 Å². The van der Waals surface area contributed by atoms with Gasteiger partial charge in [0.25, 0.3) is 0 Å². The van der Waals surface area contributed by atoms with Crippen LogP contribution < -0.4 is 4.74 Å². The largest absolute Gasteiger partial charge is 0.478 e. The van der Waals surface area contributed by atoms with Crippen molar-refractivity contribution in [2.45, 2.75) is 58.5 Å². The lowest BCUT2D eigenvalue weighted by Gasteiger charge is -2.21. The van der Waals surface area contributed by atoms with Gasteiger partial charge in [0.2, 0.25) is 0 Å². The third-order valence-corrected chi connectivity index (χ3v) is 3.62. The number of rotatable bonds is 8. The Kier molecular flexibility index (Phi) is 7.13. The van der Waals surface area contributed by atoms with E-state index in [9.17, 15) is 4.79 Å². The van der Waals surface area contributed by atoms with Crippen molar-refractivity contribution in [1.29, 1.82) is 0 Å². The van der Waals surface area contributed by atoms with Gasteiger partial charge in [-0.15, -0.1) is 0 Å². The summed E-state index contributed by atoms with van der Waals surface area (Å²) in [7, 11) is 1.41. The van der Waals surface area contributed by atoms with Crippen LogP contribution in [0.5, 0.6) is 5.75 Å². The number of hydrogen-bond donors (Lipinski definition) is 0. The Labute approximate surface area is 122 Å². The van der Waals surface area contributed by atoms with E-state index in [1.807, 2.05) is 18.2 Å². The van der Waals surface area contributed by atoms with Gasteiger partial charge in [-0.1, -0.05) is 45.4 Å². The first-order chi connectivity index (χ1) is 9.63. The van der Waals surface area contributed by atoms with E-state index in [2.05, 4.69) is 26.8 Å². The molecular weight excluding hydrogens is 252 g/mol. The normalized spacial score (nSPS) is 13.6. The summed E-state index contributed by atoms with van der Waals surface area (Å²) in [5.74, 6) is 0.918. The van der Waals surface area contributed by atoms with Crippen LogP contribution in [-0.2, 0) is 9.53 Å². The number of unbranched alkanes of at least 4 members (excludes halogenated alkanes) is 1. The molecular formula is C17H26O3. The van der Waals surface area contributed by atoms with Crippen molar-refractivity contribution in [2.75, 3.05) is 7.11 Å². The average molecular weight is 278 g/mol. The number of para-hydroxylation sites is 1. The summed E-state index contributed by atoms with van der Waals surface area (Å²) in [5.41, 5.74) is 1.15. The molecule has 0 saturated heterocycles. The molecule has 112 valence electrons. The van der Waals surface area contributed by atoms with Crippen molar-refractivity contribution in [2.24, 2.45) is 0 Å². The maximum atomic E-state index is 11.8. The van der Waals surface area contributed by atoms with Crippen LogP contribution in [0.4, 0.5) is 0 Å². The van der Waals surface area contributed by atoms with Crippen molar-refractivity contribution in [3.63, 3.8) is 0 Å². The number of methoxy groups -OCH3 is 1. The fraction of sp³-hybridized carbons (Fsp3) is 0.588. The summed E-state index contributed by atoms with van der Waals surface area (Å²) >= 11 is 0. The Hall–Kier alpha value is -1.51. The van der Waals surface area contributed by atoms with Gasteiger partial charge in [0.05, 0.1) is 7.11 Å². The van der Waals surface area contributed by atoms with Crippen molar-refractivity contribution in [1.82, 2.24) is 0 Å². The zero-order valence-electron chi connectivity index (χ0n) is 13.0. The van der Waals surface area contributed by atoms with Crippen LogP contribution in [0, 0.1) is 0 Å². The predicted molar refractivity (Wildman–Crippen MR) is 81.1 cm³/mol. The van der Waals surface area contributed by atoms with Crippen LogP contribution in [0.2, 0.25) is 0 Å². The Morgan fingerprint density at radius 3 is 2.55 bits per heavy atom. The molecule has 2 atom stereocenters. The van der Waals surface area contributed by atoms with Crippen LogP contribution in [0.3, 0.4) is 0 Å². The Balaban J connectivity index is 2.89. The number of carbonyl (C=O) groups excluding carboxylic acids is 1. The highest BCUT2D eigenvalue weighted by Gasteiger charge is 2.22. The summed E-state index contributed by atoms with van der Waals surface area (Å²) in [6.45, 7) is 6.42. The molecule has 0 aromatic heterocycles. The lowest BCUT2D eigenvalue weighted by atomic mass is 9.97. The monoisotopic (exact) mass is 278 g/mol. The molecule has 0 aliphatic carbocycles. The third-order valence-electron chi connectivity index (χ3n) is 3.62. The van der Waals surface area contributed by atoms with Crippen molar-refractivity contribution >= 4 is 5.97 Å². The second kappa shape index (κ2) is 8.62. The molecule has 0 aliphatic rings. The van der Waals surface area contributed by atoms with Gasteiger partial charge in [-0.05, 0) is 36.8 Å². The van der Waals surface area contributed by atoms with E-state index < -0.39 is 6.10 Å². The molecule has 0 amide bonds. The molecule has 1 aromatic carbocycles. The Morgan fingerprint density at radius 1 is 1.25 bits per heavy atom. The number of carbonyl (C=O) groups is 1. The molecule has 0 saturated carbocycles. The molecule has 0 spiro atoms. The zero-order chi connectivity index (χ0) is 15.0. The Bertz CT molecular complexity index is 414. The smallest absolute Gasteiger partial charge is 0.347 e. The Morgan fingerprint density at radius 2 is 1.95 bits per heavy atom. The summed E-state index contributed by atoms with van der Waals surface area (Å²) in [5, 5.41) is 0. The number of benzene rings is 1. The molecule has 0 bridgehead atoms. The molecule has 20 heavy (non-hydrogen) atoms. The number of hydrogen-bond acceptors (Lipinski definition) is 3. The molecule has 0 radical (unpaired) electrons. The van der Waals surface area contributed by atoms with Crippen LogP contribution in [0.25, 0.3) is 0 Å². The SMILES string of the molecule is CCCCC(Oc1ccccc1C(C)CC)C(=O)OC. The van der Waals surface area contributed by atoms with Crippen LogP contribution in [0.1, 0.15) is 57.9 Å². The molecule has 0 aliphatic heterocycles. The van der Waals surface area contributed by atoms with Gasteiger partial charge < -0.3 is 9.47 Å². The predicted octanol–water partition coefficient (Wildman–Crippen LogP) is 4.31. The maximum absolute atomic E-state index is 11.8. The molecule has 2 unspecified atom stereocenters. The first-order valence-corrected chi connectivity index (χ1v) is 7.47. The zero-order valence-corrected chi connectivity index (χ0v) is 13.0. The third kappa shape index (κ3) is 4.55. The second-order valence-electron chi connectivity index (χ2n) is 5.12. The fourth-order valence-corrected chi connectivity index (χ4v) is 2.11. The van der Waals surface area contributed by atoms with Crippen LogP contribution >= 0.6 is 0 Å². The highest BCUT2D eigenvalue weighted by Crippen LogP contribution is 2.29. The number of esters is 1. The lowest BCUT2D eigenvalue weighted by molar-refractivity contribution is -0.149. The molecule has 3 heteroatoms. The van der Waals surface area contributed by atoms with Gasteiger partial charge in [0.15, 0.2) is 6.10 Å². The first-order valence-electron chi connectivity index (χ1n) is 7.47. The van der Waals surface area contributed by atoms with E-state index in [-0.39, 0.29) is 5.97 Å². The van der Waals surface area contributed by atoms with E-state index in [4.69, 9.17) is 9.47 Å². The maximum Gasteiger partial charge on any atom is 0.347 e. The van der Waals surface area contributed by atoms with Crippen molar-refractivity contribution in [3.05, 3.63) is 29.8 Å². The standard InChI is InChI=1S/C17H26O3/c1-5-7-11-16(17(18)19-4)20-15-12-9-8-10-14(15)13(3)6-2/h8-10,12-13,16H,5-7,11H2,1-4H3. The minimum Gasteiger partial charge on any atom is -0.478 e. The van der Waals surface area contributed by atoms with Gasteiger partial charge in [0, 0.05) is 0 Å². The van der Waals surface area contributed by atoms with Gasteiger partial charge in [-0.25, -0.2) is 4.79 Å². The lowest BCUT2D eigenvalue weighted by Crippen LogP contribution is -2.29. The quantitative estimate of drug-likeness (QED) is 0.665. The molecule has 0 heterocycles. The summed E-state index contributed by atoms with van der Waals surface area (Å²) in [6, 6.07) is 7.95. The van der Waals surface area contributed by atoms with Crippen molar-refractivity contribution in [3.8, 4) is 5.75 Å². The van der Waals surface area contributed by atoms with E-state index in [1.54, 1.807) is 0 Å². The molecule has 0 fully saturated rings. The second-order valence-corrected chi connectivity index (χ2v) is 5.12. The number of ether oxygens (including phenoxy) is 2. The average Bonchev–Trinajstić information content (AvgIpc) is 2.50. The summed E-state index contributed by atoms with van der Waals surface area (Å²) < 4.78 is 10.8. The fourth-order valence-electron chi connectivity index (χ4n) is 2.11. The first kappa shape index (κ1) is 16.5. The van der Waals surface area contributed by atoms with Gasteiger partial charge in [-0.2, -0.15) is 0 Å². The van der Waals surface area contributed by atoms with Gasteiger partial charge in [-0.3, -0.25) is 0 Å². The van der Waals surface area contributed by atoms with Crippen LogP contribution in [0.15, 0.2) is 24.3 Å². The molecule has 1 rings (SSSR count). The molecule has 3 nitrogen and oxygen atoms in total. The minimum absolute atomic E-state index is 0.294. The highest BCUT2D eigenvalue weighted by atomic mass is 16.6. The van der Waals surface area contributed by atoms with E-state index in [0.29, 0.717) is 12.3 Å². The van der Waals surface area contributed by atoms with E-state index >= 15 is 0 Å². The summed E-state index contributed by atoms with van der Waals surface area (Å²) in [6.07, 6.45) is 3.20. The molecule has 1 aromatic rings. The van der Waals surface area contributed by atoms with E-state index in [1.165, 1.54) is 7.11 Å². The van der Waals surface area contributed by atoms with Crippen molar-refractivity contribution < 1.29 is 14.3 Å². The summed E-state index contributed by atoms with van der Waals surface area (Å²) in [4.78, 5) is 11.8. The van der Waals surface area contributed by atoms with Gasteiger partial charge >= 0.3 is 5.97 Å².